The van der Waals surface area contributed by atoms with Gasteiger partial charge in [-0.3, -0.25) is 19.6 Å². The lowest BCUT2D eigenvalue weighted by Gasteiger charge is -2.36. The van der Waals surface area contributed by atoms with E-state index in [9.17, 15) is 9.59 Å². The second-order valence-corrected chi connectivity index (χ2v) is 11.7. The monoisotopic (exact) mass is 612 g/mol. The van der Waals surface area contributed by atoms with E-state index in [-0.39, 0.29) is 22.9 Å². The number of aromatic nitrogens is 5. The fraction of sp³-hybridized carbons (Fsp3) is 0.375. The number of morpholine rings is 1. The highest BCUT2D eigenvalue weighted by Gasteiger charge is 2.27. The Morgan fingerprint density at radius 3 is 2.51 bits per heavy atom. The van der Waals surface area contributed by atoms with Crippen molar-refractivity contribution in [3.63, 3.8) is 0 Å². The first-order valence-electron chi connectivity index (χ1n) is 15.0. The van der Waals surface area contributed by atoms with Crippen molar-refractivity contribution >= 4 is 34.8 Å². The summed E-state index contributed by atoms with van der Waals surface area (Å²) in [6, 6.07) is 12.6. The number of amides is 2. The van der Waals surface area contributed by atoms with Crippen LogP contribution in [0.25, 0.3) is 5.82 Å². The fourth-order valence-corrected chi connectivity index (χ4v) is 4.91. The van der Waals surface area contributed by atoms with Crippen LogP contribution in [0.4, 0.5) is 23.0 Å². The van der Waals surface area contributed by atoms with Gasteiger partial charge in [0.2, 0.25) is 0 Å². The van der Waals surface area contributed by atoms with E-state index >= 15 is 0 Å². The maximum atomic E-state index is 13.8. The van der Waals surface area contributed by atoms with Gasteiger partial charge in [-0.25, -0.2) is 15.0 Å². The topological polar surface area (TPSA) is 142 Å². The molecule has 0 spiro atoms. The van der Waals surface area contributed by atoms with E-state index in [1.807, 2.05) is 43.1 Å². The van der Waals surface area contributed by atoms with Crippen LogP contribution in [0, 0.1) is 6.92 Å². The Hall–Kier alpha value is -4.88. The molecule has 5 rings (SSSR count). The predicted molar refractivity (Wildman–Crippen MR) is 173 cm³/mol. The van der Waals surface area contributed by atoms with Crippen LogP contribution < -0.4 is 16.0 Å². The van der Waals surface area contributed by atoms with E-state index in [4.69, 9.17) is 9.84 Å². The maximum Gasteiger partial charge on any atom is 0.288 e. The first-order valence-corrected chi connectivity index (χ1v) is 15.0. The molecule has 0 saturated carbocycles. The molecule has 2 amide bonds. The number of benzene rings is 1. The molecule has 1 aliphatic rings. The predicted octanol–water partition coefficient (Wildman–Crippen LogP) is 4.41. The number of nitrogens with zero attached hydrogens (tertiary/aromatic N) is 7. The second-order valence-electron chi connectivity index (χ2n) is 11.7. The van der Waals surface area contributed by atoms with Crippen LogP contribution in [0.2, 0.25) is 0 Å². The van der Waals surface area contributed by atoms with E-state index in [1.165, 1.54) is 6.33 Å². The lowest BCUT2D eigenvalue weighted by molar-refractivity contribution is -0.0678. The number of carbonyl (C=O) groups excluding carboxylic acids is 2. The van der Waals surface area contributed by atoms with Gasteiger partial charge in [-0.2, -0.15) is 9.78 Å². The number of carbonyl (C=O) groups is 2. The standard InChI is InChI=1S/C32H40N10O3/c1-7-41(40-12-14-45-15-13-40)31(44)25-18-29(42(39-25)28-19-27(33-6)35-20-36-28)38-24-17-23(9-8-21(24)2)37-30(43)22-10-11-34-26(16-22)32(3,4)5/h8-11,16-20,38H,7,12-15H2,1-6H3,(H,37,43)(H,33,35,36). The summed E-state index contributed by atoms with van der Waals surface area (Å²) in [5.41, 5.74) is 3.68. The van der Waals surface area contributed by atoms with Crippen molar-refractivity contribution in [3.8, 4) is 5.82 Å². The smallest absolute Gasteiger partial charge is 0.288 e. The summed E-state index contributed by atoms with van der Waals surface area (Å²) >= 11 is 0. The lowest BCUT2D eigenvalue weighted by Crippen LogP contribution is -2.51. The molecule has 3 aromatic heterocycles. The highest BCUT2D eigenvalue weighted by Crippen LogP contribution is 2.28. The van der Waals surface area contributed by atoms with Gasteiger partial charge in [0.25, 0.3) is 11.8 Å². The van der Waals surface area contributed by atoms with Gasteiger partial charge in [0.05, 0.1) is 13.2 Å². The summed E-state index contributed by atoms with van der Waals surface area (Å²) in [4.78, 5) is 40.0. The number of hydrogen-bond acceptors (Lipinski definition) is 10. The lowest BCUT2D eigenvalue weighted by atomic mass is 9.91. The van der Waals surface area contributed by atoms with Gasteiger partial charge in [0, 0.05) is 73.1 Å². The van der Waals surface area contributed by atoms with Crippen LogP contribution in [0.15, 0.2) is 55.0 Å². The number of hydrazine groups is 1. The average molecular weight is 613 g/mol. The average Bonchev–Trinajstić information content (AvgIpc) is 3.47. The highest BCUT2D eigenvalue weighted by molar-refractivity contribution is 6.04. The van der Waals surface area contributed by atoms with Gasteiger partial charge in [-0.05, 0) is 43.7 Å². The molecule has 1 aliphatic heterocycles. The number of aryl methyl sites for hydroxylation is 1. The Morgan fingerprint density at radius 1 is 1.02 bits per heavy atom. The summed E-state index contributed by atoms with van der Waals surface area (Å²) in [6.45, 7) is 12.9. The zero-order valence-corrected chi connectivity index (χ0v) is 26.6. The summed E-state index contributed by atoms with van der Waals surface area (Å²) < 4.78 is 7.06. The number of anilines is 4. The molecule has 13 heteroatoms. The van der Waals surface area contributed by atoms with E-state index in [0.717, 1.165) is 16.9 Å². The van der Waals surface area contributed by atoms with Gasteiger partial charge in [0.15, 0.2) is 11.5 Å². The van der Waals surface area contributed by atoms with Gasteiger partial charge in [-0.1, -0.05) is 26.8 Å². The Bertz CT molecular complexity index is 1670. The van der Waals surface area contributed by atoms with Crippen molar-refractivity contribution in [1.82, 2.24) is 34.8 Å². The normalized spacial score (nSPS) is 13.7. The molecule has 0 radical (unpaired) electrons. The van der Waals surface area contributed by atoms with Crippen LogP contribution in [0.3, 0.4) is 0 Å². The number of pyridine rings is 1. The molecule has 1 fully saturated rings. The number of hydrogen-bond donors (Lipinski definition) is 3. The van der Waals surface area contributed by atoms with Crippen molar-refractivity contribution in [2.24, 2.45) is 0 Å². The fourth-order valence-electron chi connectivity index (χ4n) is 4.91. The molecule has 13 nitrogen and oxygen atoms in total. The van der Waals surface area contributed by atoms with Crippen molar-refractivity contribution in [3.05, 3.63) is 77.5 Å². The van der Waals surface area contributed by atoms with Crippen LogP contribution in [0.1, 0.15) is 59.8 Å². The van der Waals surface area contributed by atoms with Crippen LogP contribution in [0.5, 0.6) is 0 Å². The molecule has 1 aromatic carbocycles. The minimum absolute atomic E-state index is 0.186. The Labute approximate surface area is 263 Å². The Kier molecular flexibility index (Phi) is 9.40. The van der Waals surface area contributed by atoms with Crippen molar-refractivity contribution in [2.75, 3.05) is 55.8 Å². The van der Waals surface area contributed by atoms with E-state index in [1.54, 1.807) is 41.1 Å². The molecule has 45 heavy (non-hydrogen) atoms. The SMILES string of the molecule is CCN(C(=O)c1cc(Nc2cc(NC(=O)c3ccnc(C(C)(C)C)c3)ccc2C)n(-c2cc(NC)ncn2)n1)N1CCOCC1. The maximum absolute atomic E-state index is 13.8. The summed E-state index contributed by atoms with van der Waals surface area (Å²) in [7, 11) is 1.77. The van der Waals surface area contributed by atoms with E-state index < -0.39 is 0 Å². The molecule has 3 N–H and O–H groups in total. The third-order valence-corrected chi connectivity index (χ3v) is 7.47. The van der Waals surface area contributed by atoms with Gasteiger partial charge in [0.1, 0.15) is 18.0 Å². The van der Waals surface area contributed by atoms with Crippen molar-refractivity contribution < 1.29 is 14.3 Å². The quantitative estimate of drug-likeness (QED) is 0.249. The zero-order chi connectivity index (χ0) is 32.1. The van der Waals surface area contributed by atoms with E-state index in [2.05, 4.69) is 51.7 Å². The molecule has 0 unspecified atom stereocenters. The number of rotatable bonds is 9. The Morgan fingerprint density at radius 2 is 1.80 bits per heavy atom. The number of ether oxygens (including phenoxy) is 1. The molecule has 0 bridgehead atoms. The van der Waals surface area contributed by atoms with Gasteiger partial charge in [-0.15, -0.1) is 0 Å². The van der Waals surface area contributed by atoms with Crippen molar-refractivity contribution in [1.29, 1.82) is 0 Å². The first kappa shape index (κ1) is 31.5. The highest BCUT2D eigenvalue weighted by atomic mass is 16.5. The Balaban J connectivity index is 1.46. The van der Waals surface area contributed by atoms with Gasteiger partial charge < -0.3 is 20.7 Å². The molecule has 4 heterocycles. The third kappa shape index (κ3) is 7.27. The number of nitrogens with one attached hydrogen (secondary N) is 3. The second kappa shape index (κ2) is 13.4. The minimum atomic E-state index is -0.237. The largest absolute Gasteiger partial charge is 0.379 e. The van der Waals surface area contributed by atoms with E-state index in [0.29, 0.717) is 61.6 Å². The molecule has 0 atom stereocenters. The minimum Gasteiger partial charge on any atom is -0.379 e. The summed E-state index contributed by atoms with van der Waals surface area (Å²) in [5.74, 6) is 1.13. The summed E-state index contributed by atoms with van der Waals surface area (Å²) in [6.07, 6.45) is 3.09. The van der Waals surface area contributed by atoms with Crippen molar-refractivity contribution in [2.45, 2.75) is 40.0 Å². The third-order valence-electron chi connectivity index (χ3n) is 7.47. The van der Waals surface area contributed by atoms with Gasteiger partial charge >= 0.3 is 0 Å². The molecule has 236 valence electrons. The molecular formula is C32H40N10O3. The first-order chi connectivity index (χ1) is 21.6. The molecule has 4 aromatic rings. The zero-order valence-electron chi connectivity index (χ0n) is 26.6. The summed E-state index contributed by atoms with van der Waals surface area (Å²) in [5, 5.41) is 17.8. The molecular weight excluding hydrogens is 572 g/mol. The van der Waals surface area contributed by atoms with Crippen LogP contribution >= 0.6 is 0 Å². The van der Waals surface area contributed by atoms with Crippen LogP contribution in [-0.2, 0) is 10.2 Å². The molecule has 1 saturated heterocycles. The molecule has 0 aliphatic carbocycles. The van der Waals surface area contributed by atoms with Crippen LogP contribution in [-0.4, -0.2) is 86.5 Å².